The highest BCUT2D eigenvalue weighted by Gasteiger charge is 2.11. The summed E-state index contributed by atoms with van der Waals surface area (Å²) in [7, 11) is 0. The average Bonchev–Trinajstić information content (AvgIpc) is 2.79. The quantitative estimate of drug-likeness (QED) is 0.855. The third kappa shape index (κ3) is 2.61. The molecular formula is C11H9F4N3. The van der Waals surface area contributed by atoms with Gasteiger partial charge in [-0.25, -0.2) is 13.8 Å². The molecule has 1 aromatic carbocycles. The Morgan fingerprint density at radius 3 is 2.67 bits per heavy atom. The largest absolute Gasteiger partial charge is 0.378 e. The molecule has 0 aliphatic carbocycles. The highest BCUT2D eigenvalue weighted by atomic mass is 19.3. The lowest BCUT2D eigenvalue weighted by Gasteiger charge is -2.08. The number of hydrogen-bond acceptors (Lipinski definition) is 2. The molecule has 96 valence electrons. The van der Waals surface area contributed by atoms with Crippen LogP contribution in [0.2, 0.25) is 0 Å². The fraction of sp³-hybridized carbons (Fsp3) is 0.182. The first-order valence-corrected chi connectivity index (χ1v) is 5.06. The summed E-state index contributed by atoms with van der Waals surface area (Å²) in [5, 5.41) is 2.69. The third-order valence-electron chi connectivity index (χ3n) is 2.33. The summed E-state index contributed by atoms with van der Waals surface area (Å²) in [6.07, 6.45) is 2.39. The van der Waals surface area contributed by atoms with E-state index in [9.17, 15) is 17.6 Å². The maximum atomic E-state index is 12.9. The fourth-order valence-electron chi connectivity index (χ4n) is 1.45. The van der Waals surface area contributed by atoms with Crippen molar-refractivity contribution < 1.29 is 17.6 Å². The van der Waals surface area contributed by atoms with E-state index in [1.165, 1.54) is 12.3 Å². The first-order chi connectivity index (χ1) is 8.58. The third-order valence-corrected chi connectivity index (χ3v) is 2.33. The van der Waals surface area contributed by atoms with E-state index in [1.807, 2.05) is 0 Å². The number of benzene rings is 1. The number of anilines is 1. The minimum absolute atomic E-state index is 0.0115. The van der Waals surface area contributed by atoms with Crippen LogP contribution in [0.5, 0.6) is 0 Å². The minimum atomic E-state index is -2.69. The van der Waals surface area contributed by atoms with E-state index < -0.39 is 18.2 Å². The van der Waals surface area contributed by atoms with E-state index >= 15 is 0 Å². The topological polar surface area (TPSA) is 29.9 Å². The molecule has 0 saturated heterocycles. The number of hydrogen-bond donors (Lipinski definition) is 1. The molecule has 0 radical (unpaired) electrons. The van der Waals surface area contributed by atoms with Crippen molar-refractivity contribution >= 4 is 5.69 Å². The molecule has 0 bridgehead atoms. The Hall–Kier alpha value is -2.05. The van der Waals surface area contributed by atoms with Gasteiger partial charge in [0.25, 0.3) is 0 Å². The van der Waals surface area contributed by atoms with Crippen LogP contribution in [0.1, 0.15) is 12.4 Å². The van der Waals surface area contributed by atoms with Crippen LogP contribution < -0.4 is 5.32 Å². The van der Waals surface area contributed by atoms with E-state index in [1.54, 1.807) is 0 Å². The Bertz CT molecular complexity index is 539. The molecule has 0 spiro atoms. The van der Waals surface area contributed by atoms with E-state index in [0.717, 1.165) is 18.3 Å². The molecule has 0 unspecified atom stereocenters. The predicted octanol–water partition coefficient (Wildman–Crippen LogP) is 3.17. The highest BCUT2D eigenvalue weighted by Crippen LogP contribution is 2.16. The van der Waals surface area contributed by atoms with Gasteiger partial charge in [0.15, 0.2) is 11.6 Å². The lowest BCUT2D eigenvalue weighted by molar-refractivity contribution is 0.0673. The molecule has 3 nitrogen and oxygen atoms in total. The average molecular weight is 259 g/mol. The van der Waals surface area contributed by atoms with Gasteiger partial charge in [-0.05, 0) is 12.1 Å². The zero-order valence-electron chi connectivity index (χ0n) is 9.08. The Morgan fingerprint density at radius 2 is 2.00 bits per heavy atom. The maximum Gasteiger partial charge on any atom is 0.319 e. The first kappa shape index (κ1) is 12.4. The Morgan fingerprint density at radius 1 is 1.22 bits per heavy atom. The second-order valence-corrected chi connectivity index (χ2v) is 3.51. The van der Waals surface area contributed by atoms with Crippen molar-refractivity contribution in [3.05, 3.63) is 48.1 Å². The molecule has 0 aliphatic rings. The summed E-state index contributed by atoms with van der Waals surface area (Å²) in [5.74, 6) is -1.86. The molecule has 1 aromatic heterocycles. The van der Waals surface area contributed by atoms with Crippen molar-refractivity contribution in [2.24, 2.45) is 0 Å². The maximum absolute atomic E-state index is 12.9. The number of rotatable bonds is 4. The van der Waals surface area contributed by atoms with Crippen LogP contribution in [0.3, 0.4) is 0 Å². The molecular weight excluding hydrogens is 250 g/mol. The number of imidazole rings is 1. The fourth-order valence-corrected chi connectivity index (χ4v) is 1.45. The van der Waals surface area contributed by atoms with Crippen molar-refractivity contribution in [1.29, 1.82) is 0 Å². The van der Waals surface area contributed by atoms with Crippen LogP contribution in [-0.2, 0) is 6.54 Å². The minimum Gasteiger partial charge on any atom is -0.378 e. The highest BCUT2D eigenvalue weighted by molar-refractivity contribution is 5.43. The molecule has 2 aromatic rings. The summed E-state index contributed by atoms with van der Waals surface area (Å²) in [6.45, 7) is -2.70. The van der Waals surface area contributed by atoms with Crippen LogP contribution in [0.15, 0.2) is 30.6 Å². The van der Waals surface area contributed by atoms with Gasteiger partial charge in [0.05, 0.1) is 6.54 Å². The van der Waals surface area contributed by atoms with Gasteiger partial charge in [0.1, 0.15) is 5.82 Å². The Labute approximate surface area is 100 Å². The number of halogens is 4. The second kappa shape index (κ2) is 5.07. The van der Waals surface area contributed by atoms with Gasteiger partial charge in [-0.2, -0.15) is 8.78 Å². The van der Waals surface area contributed by atoms with Crippen LogP contribution in [0.25, 0.3) is 0 Å². The van der Waals surface area contributed by atoms with E-state index in [-0.39, 0.29) is 18.1 Å². The van der Waals surface area contributed by atoms with Gasteiger partial charge in [-0.15, -0.1) is 0 Å². The van der Waals surface area contributed by atoms with Crippen molar-refractivity contribution in [1.82, 2.24) is 9.55 Å². The number of alkyl halides is 2. The van der Waals surface area contributed by atoms with Crippen LogP contribution >= 0.6 is 0 Å². The van der Waals surface area contributed by atoms with Crippen LogP contribution in [0.4, 0.5) is 23.2 Å². The number of aromatic nitrogens is 2. The van der Waals surface area contributed by atoms with Gasteiger partial charge >= 0.3 is 6.55 Å². The molecule has 0 aliphatic heterocycles. The van der Waals surface area contributed by atoms with Gasteiger partial charge in [-0.1, -0.05) is 0 Å². The molecule has 0 saturated carbocycles. The van der Waals surface area contributed by atoms with Gasteiger partial charge in [-0.3, -0.25) is 4.57 Å². The Kier molecular flexibility index (Phi) is 3.50. The lowest BCUT2D eigenvalue weighted by Crippen LogP contribution is -2.09. The van der Waals surface area contributed by atoms with Gasteiger partial charge in [0, 0.05) is 24.1 Å². The van der Waals surface area contributed by atoms with E-state index in [0.29, 0.717) is 4.57 Å². The number of nitrogens with zero attached hydrogens (tertiary/aromatic N) is 2. The standard InChI is InChI=1S/C11H9F4N3/c12-8-2-1-7(5-9(8)13)17-6-10-16-3-4-18(10)11(14)15/h1-5,11,17H,6H2. The summed E-state index contributed by atoms with van der Waals surface area (Å²) >= 11 is 0. The molecule has 2 rings (SSSR count). The Balaban J connectivity index is 2.07. The van der Waals surface area contributed by atoms with Crippen LogP contribution in [-0.4, -0.2) is 9.55 Å². The van der Waals surface area contributed by atoms with Crippen LogP contribution in [0, 0.1) is 11.6 Å². The summed E-state index contributed by atoms with van der Waals surface area (Å²) in [6, 6.07) is 3.22. The van der Waals surface area contributed by atoms with E-state index in [2.05, 4.69) is 10.3 Å². The SMILES string of the molecule is Fc1ccc(NCc2nccn2C(F)F)cc1F. The number of nitrogens with one attached hydrogen (secondary N) is 1. The normalized spacial score (nSPS) is 10.9. The molecule has 0 fully saturated rings. The summed E-state index contributed by atoms with van der Waals surface area (Å²) in [4.78, 5) is 3.75. The molecule has 7 heteroatoms. The second-order valence-electron chi connectivity index (χ2n) is 3.51. The molecule has 18 heavy (non-hydrogen) atoms. The van der Waals surface area contributed by atoms with Crippen molar-refractivity contribution in [3.8, 4) is 0 Å². The zero-order valence-corrected chi connectivity index (χ0v) is 9.08. The van der Waals surface area contributed by atoms with Crippen molar-refractivity contribution in [2.45, 2.75) is 13.1 Å². The first-order valence-electron chi connectivity index (χ1n) is 5.06. The monoisotopic (exact) mass is 259 g/mol. The van der Waals surface area contributed by atoms with Crippen molar-refractivity contribution in [3.63, 3.8) is 0 Å². The molecule has 1 N–H and O–H groups in total. The molecule has 0 amide bonds. The van der Waals surface area contributed by atoms with Crippen molar-refractivity contribution in [2.75, 3.05) is 5.32 Å². The van der Waals surface area contributed by atoms with Gasteiger partial charge < -0.3 is 5.32 Å². The summed E-state index contributed by atoms with van der Waals surface area (Å²) in [5.41, 5.74) is 0.290. The predicted molar refractivity (Wildman–Crippen MR) is 57.2 cm³/mol. The van der Waals surface area contributed by atoms with Gasteiger partial charge in [0.2, 0.25) is 0 Å². The van der Waals surface area contributed by atoms with E-state index in [4.69, 9.17) is 0 Å². The molecule has 0 atom stereocenters. The smallest absolute Gasteiger partial charge is 0.319 e. The summed E-state index contributed by atoms with van der Waals surface area (Å²) < 4.78 is 51.2. The molecule has 1 heterocycles. The lowest BCUT2D eigenvalue weighted by atomic mass is 10.3. The zero-order chi connectivity index (χ0) is 13.1.